The van der Waals surface area contributed by atoms with Crippen LogP contribution < -0.4 is 5.32 Å². The number of aryl methyl sites for hydroxylation is 1. The molecule has 0 aliphatic carbocycles. The molecule has 0 unspecified atom stereocenters. The van der Waals surface area contributed by atoms with Crippen LogP contribution in [-0.2, 0) is 20.8 Å². The van der Waals surface area contributed by atoms with Gasteiger partial charge in [-0.1, -0.05) is 6.07 Å². The Balaban J connectivity index is 2.00. The van der Waals surface area contributed by atoms with E-state index in [9.17, 15) is 14.4 Å². The molecule has 7 heteroatoms. The van der Waals surface area contributed by atoms with E-state index in [1.807, 2.05) is 17.5 Å². The second-order valence-electron chi connectivity index (χ2n) is 5.70. The van der Waals surface area contributed by atoms with Crippen LogP contribution in [0.1, 0.15) is 18.2 Å². The van der Waals surface area contributed by atoms with E-state index in [1.165, 1.54) is 11.8 Å². The lowest BCUT2D eigenvalue weighted by Gasteiger charge is -2.23. The maximum absolute atomic E-state index is 12.5. The quantitative estimate of drug-likeness (QED) is 0.881. The van der Waals surface area contributed by atoms with Gasteiger partial charge in [-0.3, -0.25) is 14.4 Å². The summed E-state index contributed by atoms with van der Waals surface area (Å²) in [4.78, 5) is 40.7. The van der Waals surface area contributed by atoms with Crippen molar-refractivity contribution in [1.29, 1.82) is 0 Å². The lowest BCUT2D eigenvalue weighted by atomic mass is 10.1. The number of nitrogens with zero attached hydrogens (tertiary/aromatic N) is 2. The highest BCUT2D eigenvalue weighted by atomic mass is 32.1. The fourth-order valence-corrected chi connectivity index (χ4v) is 3.45. The molecule has 0 radical (unpaired) electrons. The van der Waals surface area contributed by atoms with Gasteiger partial charge in [-0.05, 0) is 17.9 Å². The first-order valence-corrected chi connectivity index (χ1v) is 8.66. The zero-order valence-electron chi connectivity index (χ0n) is 13.6. The van der Waals surface area contributed by atoms with E-state index in [4.69, 9.17) is 0 Å². The van der Waals surface area contributed by atoms with Crippen molar-refractivity contribution in [3.8, 4) is 0 Å². The third-order valence-corrected chi connectivity index (χ3v) is 5.04. The average molecular weight is 337 g/mol. The van der Waals surface area contributed by atoms with Crippen LogP contribution in [0.25, 0.3) is 0 Å². The van der Waals surface area contributed by atoms with Crippen molar-refractivity contribution in [2.24, 2.45) is 5.92 Å². The van der Waals surface area contributed by atoms with Crippen molar-refractivity contribution in [2.45, 2.75) is 19.8 Å². The minimum Gasteiger partial charge on any atom is -0.359 e. The van der Waals surface area contributed by atoms with E-state index in [-0.39, 0.29) is 23.6 Å². The Bertz CT molecular complexity index is 559. The number of hydrogen-bond donors (Lipinski definition) is 1. The molecule has 0 bridgehead atoms. The molecule has 1 N–H and O–H groups in total. The number of rotatable bonds is 4. The van der Waals surface area contributed by atoms with Gasteiger partial charge in [-0.2, -0.15) is 0 Å². The van der Waals surface area contributed by atoms with Gasteiger partial charge in [0.1, 0.15) is 0 Å². The minimum atomic E-state index is -0.378. The third kappa shape index (κ3) is 4.79. The van der Waals surface area contributed by atoms with E-state index >= 15 is 0 Å². The summed E-state index contributed by atoms with van der Waals surface area (Å²) in [5.74, 6) is -0.532. The Morgan fingerprint density at radius 2 is 1.96 bits per heavy atom. The summed E-state index contributed by atoms with van der Waals surface area (Å²) in [6.45, 7) is 3.19. The van der Waals surface area contributed by atoms with Crippen molar-refractivity contribution in [1.82, 2.24) is 15.1 Å². The molecular formula is C16H23N3O3S. The van der Waals surface area contributed by atoms with E-state index in [2.05, 4.69) is 5.32 Å². The Kier molecular flexibility index (Phi) is 6.15. The summed E-state index contributed by atoms with van der Waals surface area (Å²) < 4.78 is 0. The first kappa shape index (κ1) is 17.5. The predicted molar refractivity (Wildman–Crippen MR) is 89.0 cm³/mol. The van der Waals surface area contributed by atoms with Crippen LogP contribution in [0.4, 0.5) is 0 Å². The Morgan fingerprint density at radius 3 is 2.57 bits per heavy atom. The number of nitrogens with one attached hydrogen (secondary N) is 1. The molecule has 3 amide bonds. The van der Waals surface area contributed by atoms with Crippen LogP contribution in [0.5, 0.6) is 0 Å². The topological polar surface area (TPSA) is 69.7 Å². The lowest BCUT2D eigenvalue weighted by molar-refractivity contribution is -0.133. The number of amides is 3. The lowest BCUT2D eigenvalue weighted by Crippen LogP contribution is -2.42. The molecule has 1 saturated heterocycles. The van der Waals surface area contributed by atoms with Gasteiger partial charge in [-0.25, -0.2) is 0 Å². The Labute approximate surface area is 140 Å². The molecule has 23 heavy (non-hydrogen) atoms. The van der Waals surface area contributed by atoms with Crippen molar-refractivity contribution < 1.29 is 14.4 Å². The van der Waals surface area contributed by atoms with Gasteiger partial charge >= 0.3 is 0 Å². The maximum Gasteiger partial charge on any atom is 0.226 e. The summed E-state index contributed by atoms with van der Waals surface area (Å²) in [6.07, 6.45) is 1.15. The van der Waals surface area contributed by atoms with Crippen LogP contribution in [-0.4, -0.2) is 60.7 Å². The smallest absolute Gasteiger partial charge is 0.226 e. The molecule has 0 aromatic carbocycles. The van der Waals surface area contributed by atoms with Crippen molar-refractivity contribution in [3.05, 3.63) is 22.4 Å². The third-order valence-electron chi connectivity index (χ3n) is 4.10. The summed E-state index contributed by atoms with van der Waals surface area (Å²) in [5, 5.41) is 4.62. The van der Waals surface area contributed by atoms with Gasteiger partial charge in [-0.15, -0.1) is 11.3 Å². The highest BCUT2D eigenvalue weighted by Gasteiger charge is 2.30. The molecule has 2 heterocycles. The van der Waals surface area contributed by atoms with E-state index < -0.39 is 0 Å². The van der Waals surface area contributed by atoms with Crippen molar-refractivity contribution in [3.63, 3.8) is 0 Å². The fraction of sp³-hybridized carbons (Fsp3) is 0.562. The Hall–Kier alpha value is -1.89. The van der Waals surface area contributed by atoms with Crippen molar-refractivity contribution in [2.75, 3.05) is 33.2 Å². The minimum absolute atomic E-state index is 0.0395. The van der Waals surface area contributed by atoms with Crippen LogP contribution in [0.2, 0.25) is 0 Å². The average Bonchev–Trinajstić information content (AvgIpc) is 2.95. The first-order chi connectivity index (χ1) is 11.0. The number of carbonyl (C=O) groups is 3. The highest BCUT2D eigenvalue weighted by Crippen LogP contribution is 2.15. The van der Waals surface area contributed by atoms with Crippen LogP contribution in [0, 0.1) is 5.92 Å². The first-order valence-electron chi connectivity index (χ1n) is 7.78. The molecular weight excluding hydrogens is 314 g/mol. The van der Waals surface area contributed by atoms with Crippen LogP contribution in [0.15, 0.2) is 17.5 Å². The molecule has 6 nitrogen and oxygen atoms in total. The van der Waals surface area contributed by atoms with Gasteiger partial charge in [0.2, 0.25) is 17.7 Å². The van der Waals surface area contributed by atoms with E-state index in [0.29, 0.717) is 39.0 Å². The largest absolute Gasteiger partial charge is 0.359 e. The molecule has 0 spiro atoms. The molecule has 1 fully saturated rings. The second kappa shape index (κ2) is 8.10. The predicted octanol–water partition coefficient (Wildman–Crippen LogP) is 0.734. The second-order valence-corrected chi connectivity index (χ2v) is 6.73. The molecule has 1 atom stereocenters. The zero-order chi connectivity index (χ0) is 16.8. The van der Waals surface area contributed by atoms with Gasteiger partial charge in [0, 0.05) is 51.4 Å². The van der Waals surface area contributed by atoms with E-state index in [0.717, 1.165) is 0 Å². The van der Waals surface area contributed by atoms with Gasteiger partial charge in [0.15, 0.2) is 0 Å². The summed E-state index contributed by atoms with van der Waals surface area (Å²) in [6, 6.07) is 3.99. The zero-order valence-corrected chi connectivity index (χ0v) is 14.4. The molecule has 126 valence electrons. The molecule has 1 aromatic heterocycles. The molecule has 0 saturated carbocycles. The summed E-state index contributed by atoms with van der Waals surface area (Å²) in [5.41, 5.74) is 0. The number of carbonyl (C=O) groups excluding carboxylic acids is 3. The molecule has 1 aromatic rings. The normalized spacial score (nSPS) is 18.4. The molecule has 1 aliphatic heterocycles. The summed E-state index contributed by atoms with van der Waals surface area (Å²) in [7, 11) is 1.58. The van der Waals surface area contributed by atoms with Crippen molar-refractivity contribution >= 4 is 29.1 Å². The van der Waals surface area contributed by atoms with Gasteiger partial charge in [0.05, 0.1) is 5.92 Å². The summed E-state index contributed by atoms with van der Waals surface area (Å²) >= 11 is 1.64. The van der Waals surface area contributed by atoms with Crippen LogP contribution in [0.3, 0.4) is 0 Å². The van der Waals surface area contributed by atoms with Gasteiger partial charge in [0.25, 0.3) is 0 Å². The number of thiophene rings is 1. The van der Waals surface area contributed by atoms with E-state index in [1.54, 1.807) is 28.2 Å². The molecule has 2 rings (SSSR count). The fourth-order valence-electron chi connectivity index (χ4n) is 2.74. The molecule has 1 aliphatic rings. The standard InChI is InChI=1S/C16H23N3O3S/c1-12(20)18-7-8-19(11-13(10-18)16(22)17-2)15(21)6-5-14-4-3-9-23-14/h3-4,9,13H,5-8,10-11H2,1-2H3,(H,17,22)/t13-/m1/s1. The number of hydrogen-bond acceptors (Lipinski definition) is 4. The maximum atomic E-state index is 12.5. The highest BCUT2D eigenvalue weighted by molar-refractivity contribution is 7.09. The van der Waals surface area contributed by atoms with Gasteiger partial charge < -0.3 is 15.1 Å². The monoisotopic (exact) mass is 337 g/mol. The Morgan fingerprint density at radius 1 is 1.26 bits per heavy atom. The van der Waals surface area contributed by atoms with Crippen LogP contribution >= 0.6 is 11.3 Å². The SMILES string of the molecule is CNC(=O)[C@@H]1CN(C(C)=O)CCN(C(=O)CCc2cccs2)C1.